The third-order valence-electron chi connectivity index (χ3n) is 2.23. The minimum atomic E-state index is -0.133. The number of ether oxygens (including phenoxy) is 2. The van der Waals surface area contributed by atoms with Gasteiger partial charge in [0.25, 0.3) is 0 Å². The quantitative estimate of drug-likeness (QED) is 0.665. The van der Waals surface area contributed by atoms with Crippen molar-refractivity contribution in [2.45, 2.75) is 38.8 Å². The van der Waals surface area contributed by atoms with E-state index in [0.717, 1.165) is 19.6 Å². The SMILES string of the molecule is CCOC(=O)CC(C)NC1CCOC1. The Morgan fingerprint density at radius 3 is 3.07 bits per heavy atom. The van der Waals surface area contributed by atoms with Gasteiger partial charge < -0.3 is 14.8 Å². The predicted octanol–water partition coefficient (Wildman–Crippen LogP) is 0.707. The van der Waals surface area contributed by atoms with Crippen molar-refractivity contribution in [2.24, 2.45) is 0 Å². The topological polar surface area (TPSA) is 47.6 Å². The van der Waals surface area contributed by atoms with Crippen LogP contribution in [0.1, 0.15) is 26.7 Å². The van der Waals surface area contributed by atoms with Crippen LogP contribution in [0.3, 0.4) is 0 Å². The van der Waals surface area contributed by atoms with Crippen molar-refractivity contribution in [1.82, 2.24) is 5.32 Å². The average molecular weight is 201 g/mol. The van der Waals surface area contributed by atoms with E-state index in [2.05, 4.69) is 5.32 Å². The fourth-order valence-electron chi connectivity index (χ4n) is 1.60. The summed E-state index contributed by atoms with van der Waals surface area (Å²) in [4.78, 5) is 11.1. The van der Waals surface area contributed by atoms with Gasteiger partial charge in [-0.2, -0.15) is 0 Å². The lowest BCUT2D eigenvalue weighted by molar-refractivity contribution is -0.143. The molecule has 1 saturated heterocycles. The summed E-state index contributed by atoms with van der Waals surface area (Å²) < 4.78 is 10.1. The summed E-state index contributed by atoms with van der Waals surface area (Å²) in [5, 5.41) is 3.34. The molecule has 14 heavy (non-hydrogen) atoms. The fourth-order valence-corrected chi connectivity index (χ4v) is 1.60. The first-order valence-corrected chi connectivity index (χ1v) is 5.21. The molecule has 1 fully saturated rings. The normalized spacial score (nSPS) is 23.4. The average Bonchev–Trinajstić information content (AvgIpc) is 2.56. The minimum Gasteiger partial charge on any atom is -0.466 e. The maximum Gasteiger partial charge on any atom is 0.307 e. The second kappa shape index (κ2) is 5.98. The highest BCUT2D eigenvalue weighted by molar-refractivity contribution is 5.70. The Hall–Kier alpha value is -0.610. The number of hydrogen-bond donors (Lipinski definition) is 1. The van der Waals surface area contributed by atoms with E-state index in [-0.39, 0.29) is 12.0 Å². The van der Waals surface area contributed by atoms with Crippen LogP contribution < -0.4 is 5.32 Å². The molecule has 1 heterocycles. The molecule has 0 aromatic carbocycles. The first-order valence-electron chi connectivity index (χ1n) is 5.21. The van der Waals surface area contributed by atoms with Gasteiger partial charge in [-0.1, -0.05) is 0 Å². The van der Waals surface area contributed by atoms with E-state index in [0.29, 0.717) is 19.1 Å². The van der Waals surface area contributed by atoms with E-state index in [1.165, 1.54) is 0 Å². The predicted molar refractivity (Wildman–Crippen MR) is 53.1 cm³/mol. The molecule has 0 radical (unpaired) electrons. The Bertz CT molecular complexity index is 178. The Balaban J connectivity index is 2.14. The summed E-state index contributed by atoms with van der Waals surface area (Å²) >= 11 is 0. The molecule has 0 spiro atoms. The van der Waals surface area contributed by atoms with Gasteiger partial charge in [0, 0.05) is 18.7 Å². The maximum atomic E-state index is 11.1. The Morgan fingerprint density at radius 1 is 1.71 bits per heavy atom. The first kappa shape index (κ1) is 11.5. The van der Waals surface area contributed by atoms with E-state index >= 15 is 0 Å². The molecule has 1 aliphatic rings. The highest BCUT2D eigenvalue weighted by atomic mass is 16.5. The maximum absolute atomic E-state index is 11.1. The molecular formula is C10H19NO3. The smallest absolute Gasteiger partial charge is 0.307 e. The Labute approximate surface area is 85.0 Å². The Morgan fingerprint density at radius 2 is 2.50 bits per heavy atom. The molecule has 4 nitrogen and oxygen atoms in total. The number of carbonyl (C=O) groups excluding carboxylic acids is 1. The third kappa shape index (κ3) is 4.07. The standard InChI is InChI=1S/C10H19NO3/c1-3-14-10(12)6-8(2)11-9-4-5-13-7-9/h8-9,11H,3-7H2,1-2H3. The third-order valence-corrected chi connectivity index (χ3v) is 2.23. The molecule has 82 valence electrons. The summed E-state index contributed by atoms with van der Waals surface area (Å²) in [5.74, 6) is -0.133. The molecule has 0 bridgehead atoms. The molecule has 0 saturated carbocycles. The minimum absolute atomic E-state index is 0.133. The molecule has 1 rings (SSSR count). The molecule has 1 N–H and O–H groups in total. The van der Waals surface area contributed by atoms with Crippen LogP contribution >= 0.6 is 0 Å². The van der Waals surface area contributed by atoms with Gasteiger partial charge in [0.2, 0.25) is 0 Å². The number of hydrogen-bond acceptors (Lipinski definition) is 4. The Kier molecular flexibility index (Phi) is 4.90. The lowest BCUT2D eigenvalue weighted by atomic mass is 10.2. The van der Waals surface area contributed by atoms with Gasteiger partial charge in [0.15, 0.2) is 0 Å². The van der Waals surface area contributed by atoms with Crippen molar-refractivity contribution >= 4 is 5.97 Å². The summed E-state index contributed by atoms with van der Waals surface area (Å²) in [6, 6.07) is 0.570. The molecule has 0 aromatic heterocycles. The van der Waals surface area contributed by atoms with E-state index < -0.39 is 0 Å². The van der Waals surface area contributed by atoms with Crippen molar-refractivity contribution < 1.29 is 14.3 Å². The van der Waals surface area contributed by atoms with Gasteiger partial charge in [0.1, 0.15) is 0 Å². The molecule has 0 aromatic rings. The zero-order valence-corrected chi connectivity index (χ0v) is 8.91. The van der Waals surface area contributed by atoms with E-state index in [9.17, 15) is 4.79 Å². The van der Waals surface area contributed by atoms with Gasteiger partial charge >= 0.3 is 5.97 Å². The van der Waals surface area contributed by atoms with Crippen LogP contribution in [0.5, 0.6) is 0 Å². The van der Waals surface area contributed by atoms with Gasteiger partial charge in [-0.15, -0.1) is 0 Å². The highest BCUT2D eigenvalue weighted by Gasteiger charge is 2.18. The van der Waals surface area contributed by atoms with Gasteiger partial charge in [-0.25, -0.2) is 0 Å². The molecule has 0 aliphatic carbocycles. The van der Waals surface area contributed by atoms with E-state index in [1.807, 2.05) is 13.8 Å². The largest absolute Gasteiger partial charge is 0.466 e. The monoisotopic (exact) mass is 201 g/mol. The van der Waals surface area contributed by atoms with E-state index in [1.54, 1.807) is 0 Å². The fraction of sp³-hybridized carbons (Fsp3) is 0.900. The van der Waals surface area contributed by atoms with Crippen LogP contribution in [-0.2, 0) is 14.3 Å². The zero-order chi connectivity index (χ0) is 10.4. The summed E-state index contributed by atoms with van der Waals surface area (Å²) in [5.41, 5.74) is 0. The lowest BCUT2D eigenvalue weighted by Gasteiger charge is -2.17. The van der Waals surface area contributed by atoms with Crippen molar-refractivity contribution in [3.05, 3.63) is 0 Å². The van der Waals surface area contributed by atoms with Gasteiger partial charge in [-0.05, 0) is 20.3 Å². The lowest BCUT2D eigenvalue weighted by Crippen LogP contribution is -2.38. The van der Waals surface area contributed by atoms with E-state index in [4.69, 9.17) is 9.47 Å². The number of rotatable bonds is 5. The molecule has 1 aliphatic heterocycles. The van der Waals surface area contributed by atoms with Crippen LogP contribution in [0.2, 0.25) is 0 Å². The molecule has 2 unspecified atom stereocenters. The van der Waals surface area contributed by atoms with Crippen molar-refractivity contribution in [2.75, 3.05) is 19.8 Å². The van der Waals surface area contributed by atoms with Crippen LogP contribution in [0.25, 0.3) is 0 Å². The van der Waals surface area contributed by atoms with Crippen molar-refractivity contribution in [3.8, 4) is 0 Å². The van der Waals surface area contributed by atoms with Crippen LogP contribution in [0, 0.1) is 0 Å². The first-order chi connectivity index (χ1) is 6.72. The van der Waals surface area contributed by atoms with Crippen molar-refractivity contribution in [3.63, 3.8) is 0 Å². The molecule has 0 amide bonds. The van der Waals surface area contributed by atoms with Crippen LogP contribution in [0.4, 0.5) is 0 Å². The summed E-state index contributed by atoms with van der Waals surface area (Å²) in [7, 11) is 0. The van der Waals surface area contributed by atoms with Gasteiger partial charge in [0.05, 0.1) is 19.6 Å². The second-order valence-electron chi connectivity index (χ2n) is 3.64. The van der Waals surface area contributed by atoms with Crippen LogP contribution in [-0.4, -0.2) is 37.9 Å². The number of nitrogens with one attached hydrogen (secondary N) is 1. The number of esters is 1. The van der Waals surface area contributed by atoms with Gasteiger partial charge in [-0.3, -0.25) is 4.79 Å². The summed E-state index contributed by atoms with van der Waals surface area (Å²) in [6.07, 6.45) is 1.47. The second-order valence-corrected chi connectivity index (χ2v) is 3.64. The van der Waals surface area contributed by atoms with Crippen molar-refractivity contribution in [1.29, 1.82) is 0 Å². The molecule has 2 atom stereocenters. The zero-order valence-electron chi connectivity index (χ0n) is 8.91. The summed E-state index contributed by atoms with van der Waals surface area (Å²) in [6.45, 7) is 5.85. The molecular weight excluding hydrogens is 182 g/mol. The number of carbonyl (C=O) groups is 1. The van der Waals surface area contributed by atoms with Crippen LogP contribution in [0.15, 0.2) is 0 Å². The highest BCUT2D eigenvalue weighted by Crippen LogP contribution is 2.05. The molecule has 4 heteroatoms.